The molecule has 1 atom stereocenters. The van der Waals surface area contributed by atoms with Crippen molar-refractivity contribution in [3.8, 4) is 17.3 Å². The van der Waals surface area contributed by atoms with Crippen LogP contribution in [0.3, 0.4) is 0 Å². The minimum absolute atomic E-state index is 0.0987. The van der Waals surface area contributed by atoms with Gasteiger partial charge in [-0.1, -0.05) is 17.7 Å². The fourth-order valence-electron chi connectivity index (χ4n) is 5.60. The molecule has 0 amide bonds. The molecule has 11 heteroatoms. The van der Waals surface area contributed by atoms with Crippen molar-refractivity contribution < 1.29 is 19.0 Å². The standard InChI is InChI=1S/C34H49ClN6O4/c1-23(20-44-33(5,6)31(42)45-32(2,3)4)39-24-10-12-25(13-11-24)40-30-18-26(27(35)19-37-30)28-8-7-9-29(41-28)38-22-34(21-36)14-16-43-17-15-34/h7-9,18-19,23-25,39H,10-17,20,22H2,1-6H3,(H,37,40)(H,38,41)/t23-,24?,25?/m0/s1. The summed E-state index contributed by atoms with van der Waals surface area (Å²) in [7, 11) is 0. The van der Waals surface area contributed by atoms with Crippen LogP contribution < -0.4 is 16.0 Å². The lowest BCUT2D eigenvalue weighted by Crippen LogP contribution is -2.46. The maximum Gasteiger partial charge on any atom is 0.338 e. The van der Waals surface area contributed by atoms with Gasteiger partial charge in [-0.15, -0.1) is 0 Å². The fraction of sp³-hybridized carbons (Fsp3) is 0.647. The van der Waals surface area contributed by atoms with Gasteiger partial charge in [-0.25, -0.2) is 14.8 Å². The van der Waals surface area contributed by atoms with Crippen molar-refractivity contribution in [3.05, 3.63) is 35.5 Å². The second-order valence-electron chi connectivity index (χ2n) is 13.9. The van der Waals surface area contributed by atoms with E-state index in [-0.39, 0.29) is 12.0 Å². The summed E-state index contributed by atoms with van der Waals surface area (Å²) in [6.45, 7) is 13.3. The molecule has 2 fully saturated rings. The summed E-state index contributed by atoms with van der Waals surface area (Å²) >= 11 is 6.58. The van der Waals surface area contributed by atoms with Crippen molar-refractivity contribution in [1.29, 1.82) is 5.26 Å². The lowest BCUT2D eigenvalue weighted by atomic mass is 9.82. The highest BCUT2D eigenvalue weighted by Crippen LogP contribution is 2.32. The molecule has 1 saturated carbocycles. The summed E-state index contributed by atoms with van der Waals surface area (Å²) in [5, 5.41) is 20.9. The molecule has 2 aromatic rings. The normalized spacial score (nSPS) is 20.9. The van der Waals surface area contributed by atoms with Crippen molar-refractivity contribution in [3.63, 3.8) is 0 Å². The summed E-state index contributed by atoms with van der Waals surface area (Å²) in [6, 6.07) is 11.0. The number of ether oxygens (including phenoxy) is 3. The lowest BCUT2D eigenvalue weighted by molar-refractivity contribution is -0.180. The van der Waals surface area contributed by atoms with Crippen molar-refractivity contribution in [1.82, 2.24) is 15.3 Å². The Bertz CT molecular complexity index is 1330. The molecule has 1 aliphatic heterocycles. The number of esters is 1. The summed E-state index contributed by atoms with van der Waals surface area (Å²) in [5.41, 5.74) is -0.455. The number of rotatable bonds is 12. The number of halogens is 1. The molecule has 2 aliphatic rings. The van der Waals surface area contributed by atoms with Gasteiger partial charge in [0.15, 0.2) is 5.60 Å². The Morgan fingerprint density at radius 2 is 1.82 bits per heavy atom. The van der Waals surface area contributed by atoms with Crippen molar-refractivity contribution >= 4 is 29.2 Å². The molecule has 0 spiro atoms. The van der Waals surface area contributed by atoms with E-state index in [0.717, 1.165) is 42.8 Å². The molecule has 0 radical (unpaired) electrons. The van der Waals surface area contributed by atoms with Gasteiger partial charge in [0.25, 0.3) is 0 Å². The molecular weight excluding hydrogens is 592 g/mol. The average Bonchev–Trinajstić information content (AvgIpc) is 3.01. The molecule has 246 valence electrons. The van der Waals surface area contributed by atoms with Crippen LogP contribution in [0.4, 0.5) is 11.6 Å². The second-order valence-corrected chi connectivity index (χ2v) is 14.3. The smallest absolute Gasteiger partial charge is 0.338 e. The SMILES string of the molecule is C[C@@H](COC(C)(C)C(=O)OC(C)(C)C)NC1CCC(Nc2cc(-c3cccc(NCC4(C#N)CCOCC4)n3)c(Cl)cn2)CC1. The number of nitrogens with one attached hydrogen (secondary N) is 3. The second kappa shape index (κ2) is 15.1. The number of carbonyl (C=O) groups excluding carboxylic acids is 1. The van der Waals surface area contributed by atoms with Gasteiger partial charge in [0.1, 0.15) is 17.2 Å². The number of nitrogens with zero attached hydrogens (tertiary/aromatic N) is 3. The van der Waals surface area contributed by atoms with Crippen molar-refractivity contribution in [2.75, 3.05) is 37.0 Å². The maximum atomic E-state index is 12.5. The topological polar surface area (TPSA) is 130 Å². The van der Waals surface area contributed by atoms with Gasteiger partial charge in [-0.05, 0) is 98.3 Å². The van der Waals surface area contributed by atoms with E-state index in [4.69, 9.17) is 30.8 Å². The van der Waals surface area contributed by atoms with Crippen LogP contribution in [-0.4, -0.2) is 71.6 Å². The zero-order valence-electron chi connectivity index (χ0n) is 27.5. The van der Waals surface area contributed by atoms with Gasteiger partial charge in [0, 0.05) is 49.6 Å². The Morgan fingerprint density at radius 3 is 2.49 bits per heavy atom. The number of hydrogen-bond acceptors (Lipinski definition) is 10. The predicted molar refractivity (Wildman–Crippen MR) is 177 cm³/mol. The highest BCUT2D eigenvalue weighted by molar-refractivity contribution is 6.33. The van der Waals surface area contributed by atoms with Crippen LogP contribution >= 0.6 is 11.6 Å². The summed E-state index contributed by atoms with van der Waals surface area (Å²) < 4.78 is 16.9. The number of hydrogen-bond donors (Lipinski definition) is 3. The van der Waals surface area contributed by atoms with E-state index in [0.29, 0.717) is 62.1 Å². The van der Waals surface area contributed by atoms with E-state index in [1.807, 2.05) is 45.0 Å². The van der Waals surface area contributed by atoms with Gasteiger partial charge in [-0.2, -0.15) is 5.26 Å². The molecule has 3 heterocycles. The number of pyridine rings is 2. The maximum absolute atomic E-state index is 12.5. The Balaban J connectivity index is 1.27. The Labute approximate surface area is 273 Å². The number of nitriles is 1. The van der Waals surface area contributed by atoms with E-state index in [1.165, 1.54) is 0 Å². The quantitative estimate of drug-likeness (QED) is 0.225. The minimum atomic E-state index is -1.01. The molecule has 45 heavy (non-hydrogen) atoms. The first-order valence-electron chi connectivity index (χ1n) is 16.0. The molecule has 4 rings (SSSR count). The van der Waals surface area contributed by atoms with E-state index in [2.05, 4.69) is 33.9 Å². The van der Waals surface area contributed by atoms with Crippen LogP contribution in [0.2, 0.25) is 5.02 Å². The van der Waals surface area contributed by atoms with E-state index < -0.39 is 16.6 Å². The summed E-state index contributed by atoms with van der Waals surface area (Å²) in [6.07, 6.45) is 7.12. The first kappa shape index (κ1) is 34.9. The third-order valence-corrected chi connectivity index (χ3v) is 8.66. The molecule has 10 nitrogen and oxygen atoms in total. The van der Waals surface area contributed by atoms with Gasteiger partial charge in [-0.3, -0.25) is 0 Å². The minimum Gasteiger partial charge on any atom is -0.458 e. The third-order valence-electron chi connectivity index (χ3n) is 8.36. The fourth-order valence-corrected chi connectivity index (χ4v) is 5.80. The largest absolute Gasteiger partial charge is 0.458 e. The first-order chi connectivity index (χ1) is 21.3. The molecular formula is C34H49ClN6O4. The van der Waals surface area contributed by atoms with Gasteiger partial charge in [0.05, 0.1) is 28.8 Å². The van der Waals surface area contributed by atoms with Gasteiger partial charge in [0.2, 0.25) is 0 Å². The van der Waals surface area contributed by atoms with Crippen LogP contribution in [0.5, 0.6) is 0 Å². The Kier molecular flexibility index (Phi) is 11.7. The number of aromatic nitrogens is 2. The van der Waals surface area contributed by atoms with Crippen LogP contribution in [-0.2, 0) is 19.0 Å². The molecule has 0 aromatic carbocycles. The average molecular weight is 641 g/mol. The van der Waals surface area contributed by atoms with E-state index in [1.54, 1.807) is 20.0 Å². The molecule has 1 saturated heterocycles. The van der Waals surface area contributed by atoms with Crippen molar-refractivity contribution in [2.24, 2.45) is 5.41 Å². The number of carbonyl (C=O) groups is 1. The molecule has 2 aromatic heterocycles. The highest BCUT2D eigenvalue weighted by Gasteiger charge is 2.35. The van der Waals surface area contributed by atoms with E-state index in [9.17, 15) is 10.1 Å². The van der Waals surface area contributed by atoms with Crippen LogP contribution in [0.1, 0.15) is 80.1 Å². The molecule has 0 bridgehead atoms. The Hall–Kier alpha value is -2.97. The molecule has 3 N–H and O–H groups in total. The van der Waals surface area contributed by atoms with Crippen molar-refractivity contribution in [2.45, 2.75) is 109 Å². The monoisotopic (exact) mass is 640 g/mol. The predicted octanol–water partition coefficient (Wildman–Crippen LogP) is 6.37. The summed E-state index contributed by atoms with van der Waals surface area (Å²) in [4.78, 5) is 21.8. The molecule has 0 unspecified atom stereocenters. The Morgan fingerprint density at radius 1 is 1.13 bits per heavy atom. The van der Waals surface area contributed by atoms with Gasteiger partial charge < -0.3 is 30.2 Å². The van der Waals surface area contributed by atoms with E-state index >= 15 is 0 Å². The third kappa shape index (κ3) is 10.3. The summed E-state index contributed by atoms with van der Waals surface area (Å²) in [5.74, 6) is 1.12. The number of anilines is 2. The van der Waals surface area contributed by atoms with Crippen LogP contribution in [0, 0.1) is 16.7 Å². The lowest BCUT2D eigenvalue weighted by Gasteiger charge is -2.33. The van der Waals surface area contributed by atoms with Crippen LogP contribution in [0.25, 0.3) is 11.3 Å². The zero-order valence-corrected chi connectivity index (χ0v) is 28.3. The van der Waals surface area contributed by atoms with Gasteiger partial charge >= 0.3 is 5.97 Å². The first-order valence-corrected chi connectivity index (χ1v) is 16.4. The zero-order chi connectivity index (χ0) is 32.7. The highest BCUT2D eigenvalue weighted by atomic mass is 35.5. The molecule has 1 aliphatic carbocycles. The van der Waals surface area contributed by atoms with Crippen LogP contribution in [0.15, 0.2) is 30.5 Å².